The summed E-state index contributed by atoms with van der Waals surface area (Å²) < 4.78 is 9.58. The molecule has 0 saturated heterocycles. The van der Waals surface area contributed by atoms with E-state index in [-0.39, 0.29) is 39.3 Å². The number of hydrogen-bond acceptors (Lipinski definition) is 5. The van der Waals surface area contributed by atoms with Gasteiger partial charge in [-0.3, -0.25) is 0 Å². The van der Waals surface area contributed by atoms with Gasteiger partial charge >= 0.3 is 0 Å². The van der Waals surface area contributed by atoms with E-state index in [1.54, 1.807) is 0 Å². The highest BCUT2D eigenvalue weighted by Gasteiger charge is 2.58. The number of hydrogen-bond donors (Lipinski definition) is 0. The summed E-state index contributed by atoms with van der Waals surface area (Å²) in [7, 11) is 0. The highest BCUT2D eigenvalue weighted by atomic mass is 32.1. The summed E-state index contributed by atoms with van der Waals surface area (Å²) in [5.41, 5.74) is 23.5. The van der Waals surface area contributed by atoms with Gasteiger partial charge in [0.1, 0.15) is 11.2 Å². The summed E-state index contributed by atoms with van der Waals surface area (Å²) in [6, 6.07) is 57.5. The van der Waals surface area contributed by atoms with Gasteiger partial charge in [0.2, 0.25) is 0 Å². The van der Waals surface area contributed by atoms with Gasteiger partial charge in [0.25, 0.3) is 6.71 Å². The fourth-order valence-electron chi connectivity index (χ4n) is 16.7. The summed E-state index contributed by atoms with van der Waals surface area (Å²) in [6.07, 6.45) is 9.42. The van der Waals surface area contributed by atoms with Crippen LogP contribution in [0.3, 0.4) is 0 Å². The summed E-state index contributed by atoms with van der Waals surface area (Å²) in [6.45, 7) is 25.0. The van der Waals surface area contributed by atoms with Gasteiger partial charge in [0, 0.05) is 77.5 Å². The van der Waals surface area contributed by atoms with Gasteiger partial charge in [-0.1, -0.05) is 160 Å². The van der Waals surface area contributed by atoms with E-state index in [1.165, 1.54) is 141 Å². The van der Waals surface area contributed by atoms with Gasteiger partial charge in [0.15, 0.2) is 0 Å². The number of para-hydroxylation sites is 2. The van der Waals surface area contributed by atoms with Crippen molar-refractivity contribution in [1.29, 1.82) is 0 Å². The molecule has 0 N–H and O–H groups in total. The van der Waals surface area contributed by atoms with E-state index in [9.17, 15) is 0 Å². The van der Waals surface area contributed by atoms with Crippen LogP contribution in [0.1, 0.15) is 148 Å². The molecule has 6 aliphatic rings. The number of fused-ring (bicyclic) bond motifs is 15. The molecule has 0 bridgehead atoms. The van der Waals surface area contributed by atoms with E-state index in [4.69, 9.17) is 4.42 Å². The van der Waals surface area contributed by atoms with Gasteiger partial charge in [-0.05, 0) is 166 Å². The molecule has 1 fully saturated rings. The normalized spacial score (nSPS) is 22.7. The Morgan fingerprint density at radius 3 is 1.79 bits per heavy atom. The third-order valence-electron chi connectivity index (χ3n) is 21.5. The van der Waals surface area contributed by atoms with Crippen molar-refractivity contribution in [1.82, 2.24) is 0 Å². The van der Waals surface area contributed by atoms with Crippen LogP contribution >= 0.6 is 11.3 Å². The van der Waals surface area contributed by atoms with Crippen molar-refractivity contribution < 1.29 is 4.42 Å². The average Bonchev–Trinajstić information content (AvgIpc) is 3.30. The second-order valence-corrected chi connectivity index (χ2v) is 28.7. The lowest BCUT2D eigenvalue weighted by molar-refractivity contribution is 0.195. The predicted molar refractivity (Wildman–Crippen MR) is 334 cm³/mol. The van der Waals surface area contributed by atoms with Gasteiger partial charge in [0.05, 0.1) is 15.9 Å². The summed E-state index contributed by atoms with van der Waals surface area (Å²) in [5.74, 6) is 0. The summed E-state index contributed by atoms with van der Waals surface area (Å²) in [4.78, 5) is 8.29. The Labute approximate surface area is 465 Å². The third kappa shape index (κ3) is 6.14. The minimum atomic E-state index is -0.147. The molecular weight excluding hydrogens is 966 g/mol. The van der Waals surface area contributed by atoms with Crippen LogP contribution < -0.4 is 31.1 Å². The second-order valence-electron chi connectivity index (χ2n) is 27.6. The smallest absolute Gasteiger partial charge is 0.252 e. The van der Waals surface area contributed by atoms with E-state index in [0.29, 0.717) is 0 Å². The maximum Gasteiger partial charge on any atom is 0.252 e. The van der Waals surface area contributed by atoms with Gasteiger partial charge in [-0.25, -0.2) is 0 Å². The zero-order valence-corrected chi connectivity index (χ0v) is 48.1. The molecule has 6 heteroatoms. The molecule has 2 unspecified atom stereocenters. The molecular formula is C72H70BN3OS. The molecule has 1 saturated carbocycles. The van der Waals surface area contributed by atoms with Crippen molar-refractivity contribution in [3.8, 4) is 0 Å². The Hall–Kier alpha value is -6.76. The molecule has 4 nitrogen and oxygen atoms in total. The van der Waals surface area contributed by atoms with Crippen LogP contribution in [-0.2, 0) is 27.1 Å². The fourth-order valence-corrected chi connectivity index (χ4v) is 17.9. The number of nitrogens with zero attached hydrogens (tertiary/aromatic N) is 3. The fraction of sp³-hybridized carbons (Fsp3) is 0.333. The molecule has 3 aliphatic heterocycles. The quantitative estimate of drug-likeness (QED) is 0.165. The number of furan rings is 1. The SMILES string of the molecule is CC1(C)CCC(C)(C)c2cc(N3c4cc5c(cc4B4c6cc7c(cc6N(c6cccc8c6sc6ccccc68)c6cc(N8c9ccccc9C9(C)CCCCC89C)cc3c64)oc3ccccc37)C(C)(C)CCC5(C)C)ccc21. The summed E-state index contributed by atoms with van der Waals surface area (Å²) >= 11 is 1.92. The standard InChI is InChI=1S/C72H70BN3OS/c1-67(2)32-33-68(3,4)51-36-43(28-29-49(51)67)74-58-41-53-52(69(5,6)34-35-70(53,7)8)40-55(58)73-54-39-48-45-20-11-15-26-62(45)77-63(48)42-59(54)75(57-25-19-22-47-46-21-12-16-27-64(46)78-66(47)57)61-38-44(37-60(74)65(61)73)76-56-24-14-13-23-50(56)71(9)30-17-18-31-72(71,76)10/h11-16,19-29,36-42H,17-18,30-35H2,1-10H3. The van der Waals surface area contributed by atoms with Crippen molar-refractivity contribution >= 4 is 122 Å². The molecule has 5 heterocycles. The van der Waals surface area contributed by atoms with Crippen LogP contribution in [0, 0.1) is 0 Å². The lowest BCUT2D eigenvalue weighted by Gasteiger charge is -2.51. The number of thiophene rings is 1. The van der Waals surface area contributed by atoms with Crippen molar-refractivity contribution in [2.24, 2.45) is 0 Å². The van der Waals surface area contributed by atoms with Crippen molar-refractivity contribution in [2.45, 2.75) is 153 Å². The van der Waals surface area contributed by atoms with Gasteiger partial charge < -0.3 is 19.1 Å². The summed E-state index contributed by atoms with van der Waals surface area (Å²) in [5, 5.41) is 4.95. The van der Waals surface area contributed by atoms with Crippen LogP contribution in [0.25, 0.3) is 42.1 Å². The Balaban J connectivity index is 1.08. The predicted octanol–water partition coefficient (Wildman–Crippen LogP) is 18.5. The molecule has 2 aromatic heterocycles. The average molecular weight is 1040 g/mol. The van der Waals surface area contributed by atoms with E-state index < -0.39 is 0 Å². The molecule has 10 aromatic rings. The van der Waals surface area contributed by atoms with Crippen LogP contribution in [0.5, 0.6) is 0 Å². The van der Waals surface area contributed by atoms with E-state index >= 15 is 0 Å². The monoisotopic (exact) mass is 1040 g/mol. The van der Waals surface area contributed by atoms with E-state index in [2.05, 4.69) is 230 Å². The van der Waals surface area contributed by atoms with Crippen LogP contribution in [0.2, 0.25) is 0 Å². The van der Waals surface area contributed by atoms with Crippen LogP contribution in [-0.4, -0.2) is 12.3 Å². The van der Waals surface area contributed by atoms with E-state index in [1.807, 2.05) is 11.3 Å². The highest BCUT2D eigenvalue weighted by Crippen LogP contribution is 2.62. The highest BCUT2D eigenvalue weighted by molar-refractivity contribution is 7.26. The van der Waals surface area contributed by atoms with Crippen LogP contribution in [0.4, 0.5) is 45.5 Å². The molecule has 0 radical (unpaired) electrons. The number of anilines is 8. The lowest BCUT2D eigenvalue weighted by atomic mass is 9.33. The van der Waals surface area contributed by atoms with Crippen LogP contribution in [0.15, 0.2) is 150 Å². The third-order valence-corrected chi connectivity index (χ3v) is 22.7. The number of rotatable bonds is 3. The molecule has 0 spiro atoms. The minimum Gasteiger partial charge on any atom is -0.456 e. The van der Waals surface area contributed by atoms with Crippen molar-refractivity contribution in [3.63, 3.8) is 0 Å². The Morgan fingerprint density at radius 2 is 1.01 bits per heavy atom. The van der Waals surface area contributed by atoms with Crippen molar-refractivity contribution in [2.75, 3.05) is 14.7 Å². The zero-order valence-electron chi connectivity index (χ0n) is 47.2. The first-order valence-corrected chi connectivity index (χ1v) is 30.1. The van der Waals surface area contributed by atoms with Gasteiger partial charge in [-0.2, -0.15) is 0 Å². The van der Waals surface area contributed by atoms with E-state index in [0.717, 1.165) is 42.2 Å². The molecule has 2 atom stereocenters. The maximum atomic E-state index is 6.97. The Morgan fingerprint density at radius 1 is 0.410 bits per heavy atom. The molecule has 78 heavy (non-hydrogen) atoms. The maximum absolute atomic E-state index is 6.97. The second kappa shape index (κ2) is 15.5. The molecule has 0 amide bonds. The van der Waals surface area contributed by atoms with Gasteiger partial charge in [-0.15, -0.1) is 11.3 Å². The first-order chi connectivity index (χ1) is 37.4. The Bertz CT molecular complexity index is 4270. The molecule has 16 rings (SSSR count). The van der Waals surface area contributed by atoms with Crippen molar-refractivity contribution in [3.05, 3.63) is 173 Å². The molecule has 3 aliphatic carbocycles. The largest absolute Gasteiger partial charge is 0.456 e. The molecule has 388 valence electrons. The minimum absolute atomic E-state index is 0.00603. The first kappa shape index (κ1) is 47.3. The zero-order chi connectivity index (χ0) is 53.2. The first-order valence-electron chi connectivity index (χ1n) is 29.2. The Kier molecular flexibility index (Phi) is 9.41. The number of benzene rings is 8. The lowest BCUT2D eigenvalue weighted by Crippen LogP contribution is -2.62. The topological polar surface area (TPSA) is 22.9 Å². The molecule has 8 aromatic carbocycles.